The number of carbonyl (C=O) groups is 1. The summed E-state index contributed by atoms with van der Waals surface area (Å²) in [6.45, 7) is 4.06. The molecule has 0 aromatic carbocycles. The third-order valence-corrected chi connectivity index (χ3v) is 5.16. The molecule has 2 atom stereocenters. The lowest BCUT2D eigenvalue weighted by molar-refractivity contribution is -0.123. The number of carbonyl (C=O) groups excluding carboxylic acids is 1. The molecule has 4 heteroatoms. The number of aliphatic hydroxyl groups is 2. The topological polar surface area (TPSA) is 69.6 Å². The zero-order valence-electron chi connectivity index (χ0n) is 19.1. The lowest BCUT2D eigenvalue weighted by Gasteiger charge is -2.19. The average molecular weight is 410 g/mol. The third-order valence-electron chi connectivity index (χ3n) is 5.16. The molecule has 0 aromatic heterocycles. The number of unbranched alkanes of at least 4 members (excludes halogenated alkanes) is 11. The summed E-state index contributed by atoms with van der Waals surface area (Å²) in [4.78, 5) is 12.0. The number of allylic oxidation sites excluding steroid dienone is 3. The van der Waals surface area contributed by atoms with Gasteiger partial charge in [-0.3, -0.25) is 4.79 Å². The van der Waals surface area contributed by atoms with Crippen LogP contribution < -0.4 is 5.32 Å². The molecule has 4 nitrogen and oxygen atoms in total. The molecule has 1 amide bonds. The van der Waals surface area contributed by atoms with Crippen molar-refractivity contribution in [3.8, 4) is 0 Å². The maximum Gasteiger partial charge on any atom is 0.220 e. The Kier molecular flexibility index (Phi) is 20.7. The summed E-state index contributed by atoms with van der Waals surface area (Å²) in [6, 6.07) is -0.617. The number of hydrogen-bond donors (Lipinski definition) is 3. The highest BCUT2D eigenvalue weighted by atomic mass is 16.3. The SMILES string of the molecule is CCC/C=C/C(O)C(CO)NC(=O)CCCCCCC/C=C\CCCCCCC. The fraction of sp³-hybridized carbons (Fsp3) is 0.800. The maximum atomic E-state index is 12.0. The number of rotatable bonds is 20. The average Bonchev–Trinajstić information content (AvgIpc) is 2.72. The van der Waals surface area contributed by atoms with Crippen LogP contribution in [-0.4, -0.2) is 34.9 Å². The first kappa shape index (κ1) is 27.9. The van der Waals surface area contributed by atoms with Crippen molar-refractivity contribution in [3.63, 3.8) is 0 Å². The zero-order chi connectivity index (χ0) is 21.6. The van der Waals surface area contributed by atoms with E-state index in [1.54, 1.807) is 6.08 Å². The van der Waals surface area contributed by atoms with Crippen LogP contribution in [0.5, 0.6) is 0 Å². The van der Waals surface area contributed by atoms with Crippen LogP contribution in [0.15, 0.2) is 24.3 Å². The molecule has 2 unspecified atom stereocenters. The molecule has 0 rings (SSSR count). The van der Waals surface area contributed by atoms with E-state index in [2.05, 4.69) is 31.3 Å². The predicted molar refractivity (Wildman–Crippen MR) is 124 cm³/mol. The predicted octanol–water partition coefficient (Wildman–Crippen LogP) is 5.83. The Balaban J connectivity index is 3.61. The third kappa shape index (κ3) is 18.6. The molecule has 0 fully saturated rings. The molecule has 0 aromatic rings. The van der Waals surface area contributed by atoms with E-state index in [1.807, 2.05) is 6.08 Å². The minimum Gasteiger partial charge on any atom is -0.394 e. The van der Waals surface area contributed by atoms with Gasteiger partial charge in [-0.25, -0.2) is 0 Å². The number of nitrogens with one attached hydrogen (secondary N) is 1. The fourth-order valence-electron chi connectivity index (χ4n) is 3.23. The highest BCUT2D eigenvalue weighted by molar-refractivity contribution is 5.76. The number of amides is 1. The summed E-state index contributed by atoms with van der Waals surface area (Å²) in [5.74, 6) is -0.0890. The summed E-state index contributed by atoms with van der Waals surface area (Å²) in [5, 5.41) is 22.1. The molecular weight excluding hydrogens is 362 g/mol. The van der Waals surface area contributed by atoms with Gasteiger partial charge in [-0.1, -0.05) is 89.5 Å². The van der Waals surface area contributed by atoms with Crippen LogP contribution in [-0.2, 0) is 4.79 Å². The first-order valence-corrected chi connectivity index (χ1v) is 12.1. The normalized spacial score (nSPS) is 13.9. The van der Waals surface area contributed by atoms with E-state index in [1.165, 1.54) is 51.4 Å². The van der Waals surface area contributed by atoms with Gasteiger partial charge in [0.1, 0.15) is 0 Å². The second-order valence-electron chi connectivity index (χ2n) is 8.04. The minimum absolute atomic E-state index is 0.0890. The highest BCUT2D eigenvalue weighted by Gasteiger charge is 2.17. The van der Waals surface area contributed by atoms with E-state index in [9.17, 15) is 15.0 Å². The molecule has 0 saturated heterocycles. The largest absolute Gasteiger partial charge is 0.394 e. The quantitative estimate of drug-likeness (QED) is 0.175. The Morgan fingerprint density at radius 3 is 1.97 bits per heavy atom. The van der Waals surface area contributed by atoms with Crippen molar-refractivity contribution in [2.45, 2.75) is 122 Å². The Labute approximate surface area is 179 Å². The van der Waals surface area contributed by atoms with Crippen LogP contribution in [0.25, 0.3) is 0 Å². The Bertz CT molecular complexity index is 420. The van der Waals surface area contributed by atoms with Crippen molar-refractivity contribution in [1.82, 2.24) is 5.32 Å². The molecule has 3 N–H and O–H groups in total. The number of hydrogen-bond acceptors (Lipinski definition) is 3. The molecule has 170 valence electrons. The zero-order valence-corrected chi connectivity index (χ0v) is 19.1. The van der Waals surface area contributed by atoms with E-state index in [4.69, 9.17) is 0 Å². The van der Waals surface area contributed by atoms with Crippen molar-refractivity contribution >= 4 is 5.91 Å². The van der Waals surface area contributed by atoms with Gasteiger partial charge in [0.15, 0.2) is 0 Å². The fourth-order valence-corrected chi connectivity index (χ4v) is 3.23. The van der Waals surface area contributed by atoms with Crippen molar-refractivity contribution in [2.75, 3.05) is 6.61 Å². The van der Waals surface area contributed by atoms with Crippen molar-refractivity contribution in [1.29, 1.82) is 0 Å². The van der Waals surface area contributed by atoms with E-state index in [0.29, 0.717) is 6.42 Å². The van der Waals surface area contributed by atoms with Crippen LogP contribution >= 0.6 is 0 Å². The molecule has 29 heavy (non-hydrogen) atoms. The van der Waals surface area contributed by atoms with Gasteiger partial charge in [-0.2, -0.15) is 0 Å². The first-order chi connectivity index (χ1) is 14.2. The van der Waals surface area contributed by atoms with Crippen LogP contribution in [0.2, 0.25) is 0 Å². The Morgan fingerprint density at radius 2 is 1.38 bits per heavy atom. The van der Waals surface area contributed by atoms with Gasteiger partial charge in [-0.15, -0.1) is 0 Å². The van der Waals surface area contributed by atoms with Crippen LogP contribution in [0, 0.1) is 0 Å². The molecule has 0 aliphatic rings. The first-order valence-electron chi connectivity index (χ1n) is 12.1. The molecule has 0 heterocycles. The van der Waals surface area contributed by atoms with Gasteiger partial charge >= 0.3 is 0 Å². The minimum atomic E-state index is -0.833. The molecule has 0 radical (unpaired) electrons. The second kappa shape index (κ2) is 21.6. The van der Waals surface area contributed by atoms with Crippen LogP contribution in [0.1, 0.15) is 110 Å². The van der Waals surface area contributed by atoms with Gasteiger partial charge in [0.25, 0.3) is 0 Å². The van der Waals surface area contributed by atoms with E-state index < -0.39 is 12.1 Å². The van der Waals surface area contributed by atoms with Crippen molar-refractivity contribution in [3.05, 3.63) is 24.3 Å². The van der Waals surface area contributed by atoms with Gasteiger partial charge in [0.05, 0.1) is 18.8 Å². The second-order valence-corrected chi connectivity index (χ2v) is 8.04. The summed E-state index contributed by atoms with van der Waals surface area (Å²) >= 11 is 0. The maximum absolute atomic E-state index is 12.0. The lowest BCUT2D eigenvalue weighted by atomic mass is 10.1. The molecule has 0 saturated carbocycles. The summed E-state index contributed by atoms with van der Waals surface area (Å²) in [7, 11) is 0. The monoisotopic (exact) mass is 409 g/mol. The summed E-state index contributed by atoms with van der Waals surface area (Å²) in [5.41, 5.74) is 0. The number of aliphatic hydroxyl groups excluding tert-OH is 2. The van der Waals surface area contributed by atoms with Gasteiger partial charge < -0.3 is 15.5 Å². The van der Waals surface area contributed by atoms with E-state index >= 15 is 0 Å². The van der Waals surface area contributed by atoms with Crippen molar-refractivity contribution < 1.29 is 15.0 Å². The molecule has 0 bridgehead atoms. The van der Waals surface area contributed by atoms with Crippen LogP contribution in [0.4, 0.5) is 0 Å². The molecule has 0 spiro atoms. The van der Waals surface area contributed by atoms with Gasteiger partial charge in [-0.05, 0) is 38.5 Å². The Morgan fingerprint density at radius 1 is 0.793 bits per heavy atom. The standard InChI is InChI=1S/C25H47NO3/c1-3-5-7-8-9-10-11-12-13-14-15-16-17-19-21-25(29)26-23(22-27)24(28)20-18-6-4-2/h11-12,18,20,23-24,27-28H,3-10,13-17,19,21-22H2,1-2H3,(H,26,29)/b12-11-,20-18+. The highest BCUT2D eigenvalue weighted by Crippen LogP contribution is 2.09. The Hall–Kier alpha value is -1.13. The smallest absolute Gasteiger partial charge is 0.220 e. The summed E-state index contributed by atoms with van der Waals surface area (Å²) in [6.07, 6.45) is 24.3. The van der Waals surface area contributed by atoms with E-state index in [0.717, 1.165) is 38.5 Å². The molecule has 0 aliphatic carbocycles. The van der Waals surface area contributed by atoms with E-state index in [-0.39, 0.29) is 12.5 Å². The molecule has 0 aliphatic heterocycles. The lowest BCUT2D eigenvalue weighted by Crippen LogP contribution is -2.45. The van der Waals surface area contributed by atoms with Crippen molar-refractivity contribution in [2.24, 2.45) is 0 Å². The van der Waals surface area contributed by atoms with Gasteiger partial charge in [0.2, 0.25) is 5.91 Å². The summed E-state index contributed by atoms with van der Waals surface area (Å²) < 4.78 is 0. The molecular formula is C25H47NO3. The van der Waals surface area contributed by atoms with Crippen LogP contribution in [0.3, 0.4) is 0 Å². The van der Waals surface area contributed by atoms with Gasteiger partial charge in [0, 0.05) is 6.42 Å².